The molecule has 5 heteroatoms. The second-order valence-electron chi connectivity index (χ2n) is 4.66. The number of fused-ring (bicyclic) bond motifs is 1. The lowest BCUT2D eigenvalue weighted by molar-refractivity contribution is 0.0641. The lowest BCUT2D eigenvalue weighted by atomic mass is 10.2. The van der Waals surface area contributed by atoms with Gasteiger partial charge in [-0.05, 0) is 19.1 Å². The van der Waals surface area contributed by atoms with E-state index >= 15 is 0 Å². The summed E-state index contributed by atoms with van der Waals surface area (Å²) in [6.07, 6.45) is 2.95. The topological polar surface area (TPSA) is 59.5 Å². The first-order chi connectivity index (χ1) is 10.2. The van der Waals surface area contributed by atoms with E-state index in [1.54, 1.807) is 6.07 Å². The van der Waals surface area contributed by atoms with E-state index in [0.29, 0.717) is 23.5 Å². The second-order valence-corrected chi connectivity index (χ2v) is 4.66. The molecule has 0 bridgehead atoms. The van der Waals surface area contributed by atoms with Crippen molar-refractivity contribution in [2.75, 3.05) is 6.61 Å². The van der Waals surface area contributed by atoms with Gasteiger partial charge in [-0.25, -0.2) is 0 Å². The standard InChI is InChI=1S/C16H14N2O3/c1-2-21-14-6-4-3-5-11(14)10-18-15(19)12-7-8-17-9-13(12)16(18)20/h3-9H,2,10H2,1H3. The Bertz CT molecular complexity index is 677. The first-order valence-electron chi connectivity index (χ1n) is 6.73. The van der Waals surface area contributed by atoms with Gasteiger partial charge in [0.2, 0.25) is 0 Å². The van der Waals surface area contributed by atoms with Crippen molar-refractivity contribution in [2.24, 2.45) is 0 Å². The SMILES string of the molecule is CCOc1ccccc1CN1C(=O)c2ccncc2C1=O. The third-order valence-electron chi connectivity index (χ3n) is 3.37. The van der Waals surface area contributed by atoms with Crippen LogP contribution in [-0.2, 0) is 6.54 Å². The molecular formula is C16H14N2O3. The third kappa shape index (κ3) is 2.27. The number of nitrogens with zero attached hydrogens (tertiary/aromatic N) is 2. The maximum absolute atomic E-state index is 12.3. The smallest absolute Gasteiger partial charge is 0.263 e. The number of imide groups is 1. The second kappa shape index (κ2) is 5.36. The van der Waals surface area contributed by atoms with E-state index in [1.165, 1.54) is 17.3 Å². The lowest BCUT2D eigenvalue weighted by Gasteiger charge is -2.16. The van der Waals surface area contributed by atoms with Gasteiger partial charge in [-0.1, -0.05) is 18.2 Å². The molecule has 1 aromatic carbocycles. The summed E-state index contributed by atoms with van der Waals surface area (Å²) < 4.78 is 5.53. The molecule has 0 saturated carbocycles. The molecule has 0 atom stereocenters. The van der Waals surface area contributed by atoms with Gasteiger partial charge in [0.15, 0.2) is 0 Å². The number of amides is 2. The summed E-state index contributed by atoms with van der Waals surface area (Å²) in [7, 11) is 0. The highest BCUT2D eigenvalue weighted by molar-refractivity contribution is 6.21. The van der Waals surface area contributed by atoms with Gasteiger partial charge in [0.05, 0.1) is 24.3 Å². The highest BCUT2D eigenvalue weighted by Gasteiger charge is 2.35. The van der Waals surface area contributed by atoms with Crippen LogP contribution >= 0.6 is 0 Å². The highest BCUT2D eigenvalue weighted by Crippen LogP contribution is 2.26. The van der Waals surface area contributed by atoms with Crippen LogP contribution in [0.3, 0.4) is 0 Å². The number of carbonyl (C=O) groups is 2. The van der Waals surface area contributed by atoms with Crippen molar-refractivity contribution in [2.45, 2.75) is 13.5 Å². The maximum Gasteiger partial charge on any atom is 0.263 e. The average Bonchev–Trinajstić information content (AvgIpc) is 2.75. The zero-order chi connectivity index (χ0) is 14.8. The molecule has 1 aliphatic heterocycles. The van der Waals surface area contributed by atoms with Gasteiger partial charge in [-0.2, -0.15) is 0 Å². The first-order valence-corrected chi connectivity index (χ1v) is 6.73. The molecule has 1 aliphatic rings. The zero-order valence-electron chi connectivity index (χ0n) is 11.6. The molecule has 3 rings (SSSR count). The number of hydrogen-bond acceptors (Lipinski definition) is 4. The summed E-state index contributed by atoms with van der Waals surface area (Å²) in [5.41, 5.74) is 1.57. The molecule has 0 fully saturated rings. The van der Waals surface area contributed by atoms with Crippen molar-refractivity contribution in [1.82, 2.24) is 9.88 Å². The van der Waals surface area contributed by atoms with Crippen molar-refractivity contribution >= 4 is 11.8 Å². The zero-order valence-corrected chi connectivity index (χ0v) is 11.6. The van der Waals surface area contributed by atoms with Crippen LogP contribution in [-0.4, -0.2) is 28.3 Å². The Morgan fingerprint density at radius 2 is 1.86 bits per heavy atom. The van der Waals surface area contributed by atoms with Crippen molar-refractivity contribution < 1.29 is 14.3 Å². The molecular weight excluding hydrogens is 268 g/mol. The predicted molar refractivity (Wildman–Crippen MR) is 76.1 cm³/mol. The van der Waals surface area contributed by atoms with Gasteiger partial charge >= 0.3 is 0 Å². The van der Waals surface area contributed by atoms with Crippen LogP contribution < -0.4 is 4.74 Å². The van der Waals surface area contributed by atoms with E-state index in [1.807, 2.05) is 31.2 Å². The fourth-order valence-electron chi connectivity index (χ4n) is 2.38. The molecule has 0 radical (unpaired) electrons. The van der Waals surface area contributed by atoms with Gasteiger partial charge in [0, 0.05) is 18.0 Å². The number of rotatable bonds is 4. The number of benzene rings is 1. The Morgan fingerprint density at radius 1 is 1.10 bits per heavy atom. The Labute approximate surface area is 122 Å². The van der Waals surface area contributed by atoms with E-state index in [9.17, 15) is 9.59 Å². The van der Waals surface area contributed by atoms with E-state index in [2.05, 4.69) is 4.98 Å². The Hall–Kier alpha value is -2.69. The van der Waals surface area contributed by atoms with Gasteiger partial charge in [-0.3, -0.25) is 19.5 Å². The van der Waals surface area contributed by atoms with Gasteiger partial charge < -0.3 is 4.74 Å². The van der Waals surface area contributed by atoms with E-state index in [-0.39, 0.29) is 18.4 Å². The Morgan fingerprint density at radius 3 is 2.62 bits per heavy atom. The predicted octanol–water partition coefficient (Wildman–Crippen LogP) is 2.28. The van der Waals surface area contributed by atoms with Crippen LogP contribution in [0.2, 0.25) is 0 Å². The molecule has 21 heavy (non-hydrogen) atoms. The number of para-hydroxylation sites is 1. The number of ether oxygens (including phenoxy) is 1. The van der Waals surface area contributed by atoms with E-state index < -0.39 is 0 Å². The summed E-state index contributed by atoms with van der Waals surface area (Å²) in [5.74, 6) is 0.0905. The number of pyridine rings is 1. The molecule has 0 aliphatic carbocycles. The quantitative estimate of drug-likeness (QED) is 0.807. The minimum absolute atomic E-state index is 0.197. The number of hydrogen-bond donors (Lipinski definition) is 0. The van der Waals surface area contributed by atoms with Crippen LogP contribution in [0.5, 0.6) is 5.75 Å². The van der Waals surface area contributed by atoms with Crippen LogP contribution in [0, 0.1) is 0 Å². The minimum Gasteiger partial charge on any atom is -0.494 e. The maximum atomic E-state index is 12.3. The summed E-state index contributed by atoms with van der Waals surface area (Å²) in [6, 6.07) is 8.98. The summed E-state index contributed by atoms with van der Waals surface area (Å²) >= 11 is 0. The van der Waals surface area contributed by atoms with Gasteiger partial charge in [0.25, 0.3) is 11.8 Å². The third-order valence-corrected chi connectivity index (χ3v) is 3.37. The molecule has 2 amide bonds. The van der Waals surface area contributed by atoms with Crippen molar-refractivity contribution in [3.63, 3.8) is 0 Å². The molecule has 0 N–H and O–H groups in total. The molecule has 106 valence electrons. The molecule has 0 saturated heterocycles. The van der Waals surface area contributed by atoms with E-state index in [0.717, 1.165) is 5.56 Å². The summed E-state index contributed by atoms with van der Waals surface area (Å²) in [4.78, 5) is 29.8. The highest BCUT2D eigenvalue weighted by atomic mass is 16.5. The fraction of sp³-hybridized carbons (Fsp3) is 0.188. The normalized spacial score (nSPS) is 13.5. The lowest BCUT2D eigenvalue weighted by Crippen LogP contribution is -2.29. The van der Waals surface area contributed by atoms with Crippen molar-refractivity contribution in [1.29, 1.82) is 0 Å². The number of carbonyl (C=O) groups excluding carboxylic acids is 2. The molecule has 1 aromatic heterocycles. The van der Waals surface area contributed by atoms with Crippen LogP contribution in [0.25, 0.3) is 0 Å². The molecule has 2 heterocycles. The van der Waals surface area contributed by atoms with Gasteiger partial charge in [-0.15, -0.1) is 0 Å². The Kier molecular flexibility index (Phi) is 3.39. The van der Waals surface area contributed by atoms with Gasteiger partial charge in [0.1, 0.15) is 5.75 Å². The summed E-state index contributed by atoms with van der Waals surface area (Å²) in [6.45, 7) is 2.62. The Balaban J connectivity index is 1.91. The molecule has 0 unspecified atom stereocenters. The molecule has 5 nitrogen and oxygen atoms in total. The van der Waals surface area contributed by atoms with Crippen molar-refractivity contribution in [3.05, 3.63) is 59.4 Å². The van der Waals surface area contributed by atoms with Crippen molar-refractivity contribution in [3.8, 4) is 5.75 Å². The fourth-order valence-corrected chi connectivity index (χ4v) is 2.38. The average molecular weight is 282 g/mol. The molecule has 2 aromatic rings. The monoisotopic (exact) mass is 282 g/mol. The van der Waals surface area contributed by atoms with Crippen LogP contribution in [0.15, 0.2) is 42.7 Å². The molecule has 0 spiro atoms. The largest absolute Gasteiger partial charge is 0.494 e. The first kappa shape index (κ1) is 13.3. The number of aromatic nitrogens is 1. The minimum atomic E-state index is -0.311. The summed E-state index contributed by atoms with van der Waals surface area (Å²) in [5, 5.41) is 0. The van der Waals surface area contributed by atoms with Crippen LogP contribution in [0.1, 0.15) is 33.2 Å². The van der Waals surface area contributed by atoms with Crippen LogP contribution in [0.4, 0.5) is 0 Å². The van der Waals surface area contributed by atoms with E-state index in [4.69, 9.17) is 4.74 Å².